The Kier molecular flexibility index (Phi) is 5.71. The highest BCUT2D eigenvalue weighted by Gasteiger charge is 2.43. The van der Waals surface area contributed by atoms with Crippen molar-refractivity contribution in [1.82, 2.24) is 5.06 Å². The van der Waals surface area contributed by atoms with E-state index in [9.17, 15) is 0 Å². The molecule has 1 saturated heterocycles. The predicted octanol–water partition coefficient (Wildman–Crippen LogP) is 6.45. The van der Waals surface area contributed by atoms with E-state index in [1.165, 1.54) is 41.1 Å². The van der Waals surface area contributed by atoms with Gasteiger partial charge in [0.2, 0.25) is 0 Å². The number of fused-ring (bicyclic) bond motifs is 1. The number of hydroxylamine groups is 2. The second-order valence-corrected chi connectivity index (χ2v) is 10.5. The third kappa shape index (κ3) is 4.08. The molecule has 0 aliphatic carbocycles. The zero-order valence-electron chi connectivity index (χ0n) is 18.4. The molecule has 0 radical (unpaired) electrons. The molecule has 2 aromatic rings. The van der Waals surface area contributed by atoms with Crippen molar-refractivity contribution in [3.05, 3.63) is 54.1 Å². The van der Waals surface area contributed by atoms with Crippen LogP contribution in [0.4, 0.5) is 11.4 Å². The monoisotopic (exact) mass is 410 g/mol. The third-order valence-electron chi connectivity index (χ3n) is 6.50. The van der Waals surface area contributed by atoms with Gasteiger partial charge in [-0.05, 0) is 95.5 Å². The topological polar surface area (TPSA) is 15.7 Å². The number of piperidine rings is 1. The van der Waals surface area contributed by atoms with Crippen molar-refractivity contribution >= 4 is 23.1 Å². The van der Waals surface area contributed by atoms with Crippen molar-refractivity contribution in [1.29, 1.82) is 0 Å². The summed E-state index contributed by atoms with van der Waals surface area (Å²) < 4.78 is 0. The normalized spacial score (nSPS) is 23.2. The molecule has 0 amide bonds. The summed E-state index contributed by atoms with van der Waals surface area (Å²) >= 11 is 1.79. The van der Waals surface area contributed by atoms with Crippen LogP contribution in [-0.4, -0.2) is 35.0 Å². The van der Waals surface area contributed by atoms with Gasteiger partial charge in [0, 0.05) is 27.3 Å². The lowest BCUT2D eigenvalue weighted by molar-refractivity contribution is -0.282. The molecule has 2 aliphatic heterocycles. The molecule has 1 unspecified atom stereocenters. The number of benzene rings is 2. The average molecular weight is 411 g/mol. The Morgan fingerprint density at radius 1 is 0.966 bits per heavy atom. The summed E-state index contributed by atoms with van der Waals surface area (Å²) in [7, 11) is 0. The van der Waals surface area contributed by atoms with Crippen LogP contribution in [0.5, 0.6) is 0 Å². The van der Waals surface area contributed by atoms with Gasteiger partial charge in [-0.2, -0.15) is 5.06 Å². The largest absolute Gasteiger partial charge is 0.335 e. The first-order valence-electron chi connectivity index (χ1n) is 10.8. The summed E-state index contributed by atoms with van der Waals surface area (Å²) in [6.45, 7) is 9.96. The first kappa shape index (κ1) is 20.8. The van der Waals surface area contributed by atoms with Gasteiger partial charge >= 0.3 is 0 Å². The van der Waals surface area contributed by atoms with Crippen LogP contribution in [0.2, 0.25) is 0 Å². The fraction of sp³-hybridized carbons (Fsp3) is 0.520. The molecule has 0 spiro atoms. The van der Waals surface area contributed by atoms with Crippen molar-refractivity contribution in [2.75, 3.05) is 17.8 Å². The van der Waals surface area contributed by atoms with Gasteiger partial charge in [0.25, 0.3) is 0 Å². The Balaban J connectivity index is 1.58. The van der Waals surface area contributed by atoms with Gasteiger partial charge in [0.05, 0.1) is 12.6 Å². The lowest BCUT2D eigenvalue weighted by Crippen LogP contribution is -2.59. The zero-order valence-corrected chi connectivity index (χ0v) is 19.3. The van der Waals surface area contributed by atoms with E-state index in [0.717, 1.165) is 6.42 Å². The summed E-state index contributed by atoms with van der Waals surface area (Å²) in [5.74, 6) is 0. The van der Waals surface area contributed by atoms with Crippen molar-refractivity contribution in [3.8, 4) is 0 Å². The standard InChI is InChI=1S/C25H34N2OS/c1-24(2)15-8-16-25(3,4)27(24)28-18-21-17-19-9-6-7-10-23(19)26(21)20-11-13-22(29-5)14-12-20/h6-7,9-14,21H,8,15-18H2,1-5H3. The second kappa shape index (κ2) is 7.98. The fourth-order valence-corrected chi connectivity index (χ4v) is 5.58. The summed E-state index contributed by atoms with van der Waals surface area (Å²) in [6.07, 6.45) is 6.78. The Hall–Kier alpha value is -1.49. The van der Waals surface area contributed by atoms with Crippen LogP contribution in [-0.2, 0) is 11.3 Å². The molecule has 0 N–H and O–H groups in total. The number of hydrogen-bond acceptors (Lipinski definition) is 4. The van der Waals surface area contributed by atoms with Gasteiger partial charge in [-0.25, -0.2) is 0 Å². The lowest BCUT2D eigenvalue weighted by atomic mass is 9.82. The predicted molar refractivity (Wildman–Crippen MR) is 124 cm³/mol. The van der Waals surface area contributed by atoms with E-state index in [1.54, 1.807) is 11.8 Å². The molecule has 2 aromatic carbocycles. The summed E-state index contributed by atoms with van der Waals surface area (Å²) in [6, 6.07) is 18.0. The van der Waals surface area contributed by atoms with E-state index in [-0.39, 0.29) is 11.1 Å². The minimum atomic E-state index is 0.0675. The van der Waals surface area contributed by atoms with E-state index in [2.05, 4.69) is 92.4 Å². The molecule has 1 atom stereocenters. The van der Waals surface area contributed by atoms with Crippen molar-refractivity contribution < 1.29 is 4.84 Å². The highest BCUT2D eigenvalue weighted by Crippen LogP contribution is 2.41. The van der Waals surface area contributed by atoms with Crippen LogP contribution in [0.1, 0.15) is 52.5 Å². The van der Waals surface area contributed by atoms with Gasteiger partial charge in [-0.1, -0.05) is 18.2 Å². The maximum Gasteiger partial charge on any atom is 0.0896 e. The smallest absolute Gasteiger partial charge is 0.0896 e. The van der Waals surface area contributed by atoms with Crippen molar-refractivity contribution in [2.24, 2.45) is 0 Å². The minimum absolute atomic E-state index is 0.0675. The molecule has 2 aliphatic rings. The Morgan fingerprint density at radius 3 is 2.28 bits per heavy atom. The first-order valence-corrected chi connectivity index (χ1v) is 12.0. The van der Waals surface area contributed by atoms with Gasteiger partial charge in [0.15, 0.2) is 0 Å². The summed E-state index contributed by atoms with van der Waals surface area (Å²) in [5.41, 5.74) is 4.11. The highest BCUT2D eigenvalue weighted by atomic mass is 32.2. The molecule has 3 nitrogen and oxygen atoms in total. The third-order valence-corrected chi connectivity index (χ3v) is 7.24. The molecular weight excluding hydrogens is 376 g/mol. The average Bonchev–Trinajstić information content (AvgIpc) is 3.05. The zero-order chi connectivity index (χ0) is 20.6. The molecule has 4 rings (SSSR count). The number of nitrogens with zero attached hydrogens (tertiary/aromatic N) is 2. The molecule has 0 saturated carbocycles. The van der Waals surface area contributed by atoms with Crippen LogP contribution in [0, 0.1) is 0 Å². The first-order chi connectivity index (χ1) is 13.8. The van der Waals surface area contributed by atoms with Gasteiger partial charge in [-0.15, -0.1) is 11.8 Å². The minimum Gasteiger partial charge on any atom is -0.335 e. The van der Waals surface area contributed by atoms with E-state index in [1.807, 2.05) is 0 Å². The Morgan fingerprint density at radius 2 is 1.62 bits per heavy atom. The number of thioether (sulfide) groups is 1. The van der Waals surface area contributed by atoms with Gasteiger partial charge in [-0.3, -0.25) is 4.84 Å². The van der Waals surface area contributed by atoms with Crippen molar-refractivity contribution in [3.63, 3.8) is 0 Å². The molecule has 29 heavy (non-hydrogen) atoms. The number of para-hydroxylation sites is 1. The summed E-state index contributed by atoms with van der Waals surface area (Å²) in [5, 5.41) is 2.29. The van der Waals surface area contributed by atoms with E-state index in [4.69, 9.17) is 4.84 Å². The molecular formula is C25H34N2OS. The maximum absolute atomic E-state index is 6.61. The van der Waals surface area contributed by atoms with Crippen molar-refractivity contribution in [2.45, 2.75) is 75.4 Å². The van der Waals surface area contributed by atoms with Crippen LogP contribution in [0.25, 0.3) is 0 Å². The van der Waals surface area contributed by atoms with Gasteiger partial charge < -0.3 is 4.90 Å². The van der Waals surface area contributed by atoms with Crippen LogP contribution < -0.4 is 4.90 Å². The summed E-state index contributed by atoms with van der Waals surface area (Å²) in [4.78, 5) is 10.4. The Labute approximate surface area is 180 Å². The lowest BCUT2D eigenvalue weighted by Gasteiger charge is -2.51. The molecule has 0 aromatic heterocycles. The van der Waals surface area contributed by atoms with E-state index >= 15 is 0 Å². The van der Waals surface area contributed by atoms with Crippen LogP contribution >= 0.6 is 11.8 Å². The second-order valence-electron chi connectivity index (χ2n) is 9.62. The molecule has 2 heterocycles. The molecule has 156 valence electrons. The molecule has 0 bridgehead atoms. The van der Waals surface area contributed by atoms with E-state index < -0.39 is 0 Å². The fourth-order valence-electron chi connectivity index (χ4n) is 5.17. The number of anilines is 2. The SMILES string of the molecule is CSc1ccc(N2c3ccccc3CC2CON2C(C)(C)CCCC2(C)C)cc1. The number of hydrogen-bond donors (Lipinski definition) is 0. The maximum atomic E-state index is 6.61. The number of rotatable bonds is 5. The molecule has 1 fully saturated rings. The van der Waals surface area contributed by atoms with E-state index in [0.29, 0.717) is 12.6 Å². The van der Waals surface area contributed by atoms with Crippen LogP contribution in [0.3, 0.4) is 0 Å². The highest BCUT2D eigenvalue weighted by molar-refractivity contribution is 7.98. The Bertz CT molecular complexity index is 830. The quantitative estimate of drug-likeness (QED) is 0.526. The van der Waals surface area contributed by atoms with Crippen LogP contribution in [0.15, 0.2) is 53.4 Å². The molecule has 4 heteroatoms. The van der Waals surface area contributed by atoms with Gasteiger partial charge in [0.1, 0.15) is 0 Å².